The number of piperidine rings is 1. The molecule has 0 aliphatic carbocycles. The highest BCUT2D eigenvalue weighted by molar-refractivity contribution is 7.80. The number of carbonyl (C=O) groups excluding carboxylic acids is 1. The van der Waals surface area contributed by atoms with Gasteiger partial charge >= 0.3 is 16.4 Å². The molecule has 2 aliphatic rings. The number of urea groups is 1. The summed E-state index contributed by atoms with van der Waals surface area (Å²) in [5, 5.41) is 10.6. The van der Waals surface area contributed by atoms with Gasteiger partial charge in [-0.1, -0.05) is 11.3 Å². The van der Waals surface area contributed by atoms with E-state index in [9.17, 15) is 13.2 Å². The molecule has 4 rings (SSSR count). The van der Waals surface area contributed by atoms with Gasteiger partial charge in [0.2, 0.25) is 0 Å². The number of hydrogen-bond acceptors (Lipinski definition) is 7. The van der Waals surface area contributed by atoms with Crippen LogP contribution in [0.25, 0.3) is 10.6 Å². The van der Waals surface area contributed by atoms with Crippen molar-refractivity contribution in [2.24, 2.45) is 7.05 Å². The van der Waals surface area contributed by atoms with Crippen molar-refractivity contribution in [2.45, 2.75) is 24.9 Å². The molecule has 2 aliphatic heterocycles. The zero-order chi connectivity index (χ0) is 18.5. The molecule has 1 N–H and O–H groups in total. The van der Waals surface area contributed by atoms with Crippen LogP contribution in [-0.2, 0) is 21.7 Å². The van der Waals surface area contributed by atoms with E-state index in [-0.39, 0.29) is 6.04 Å². The van der Waals surface area contributed by atoms with Gasteiger partial charge in [0.15, 0.2) is 12.4 Å². The molecule has 2 saturated heterocycles. The van der Waals surface area contributed by atoms with E-state index in [1.807, 2.05) is 36.1 Å². The number of amides is 2. The molecule has 10 nitrogen and oxygen atoms in total. The van der Waals surface area contributed by atoms with Crippen molar-refractivity contribution in [1.82, 2.24) is 20.2 Å². The van der Waals surface area contributed by atoms with E-state index in [0.29, 0.717) is 24.4 Å². The Bertz CT molecular complexity index is 945. The average molecular weight is 398 g/mol. The number of pyridine rings is 1. The fourth-order valence-corrected chi connectivity index (χ4v) is 4.60. The number of rotatable bonds is 4. The average Bonchev–Trinajstić information content (AvgIpc) is 3.15. The summed E-state index contributed by atoms with van der Waals surface area (Å²) in [6.45, 7) is 0.315. The van der Waals surface area contributed by atoms with E-state index in [2.05, 4.69) is 14.5 Å². The molecular weight excluding hydrogens is 382 g/mol. The summed E-state index contributed by atoms with van der Waals surface area (Å²) in [6.07, 6.45) is 4.98. The molecule has 0 radical (unpaired) electrons. The van der Waals surface area contributed by atoms with E-state index < -0.39 is 22.5 Å². The van der Waals surface area contributed by atoms with Gasteiger partial charge in [-0.3, -0.25) is 4.55 Å². The quantitative estimate of drug-likeness (QED) is 0.595. The zero-order valence-electron chi connectivity index (χ0n) is 13.7. The monoisotopic (exact) mass is 398 g/mol. The van der Waals surface area contributed by atoms with Crippen LogP contribution in [0.5, 0.6) is 0 Å². The Morgan fingerprint density at radius 2 is 2.04 bits per heavy atom. The van der Waals surface area contributed by atoms with Crippen molar-refractivity contribution in [3.8, 4) is 10.6 Å². The fraction of sp³-hybridized carbons (Fsp3) is 0.429. The SMILES string of the molecule is C[n+]1ccc(-c2nnc(C3CCC4CN3C(=O)N4OS(=O)(=O)O)s2)cc1. The molecule has 4 heterocycles. The first-order chi connectivity index (χ1) is 12.3. The largest absolute Gasteiger partial charge is 0.418 e. The van der Waals surface area contributed by atoms with E-state index in [1.165, 1.54) is 16.2 Å². The second-order valence-electron chi connectivity index (χ2n) is 6.21. The molecule has 26 heavy (non-hydrogen) atoms. The molecule has 2 aromatic heterocycles. The Hall–Kier alpha value is -2.15. The van der Waals surface area contributed by atoms with Crippen LogP contribution in [-0.4, -0.2) is 51.7 Å². The lowest BCUT2D eigenvalue weighted by Gasteiger charge is -2.28. The second kappa shape index (κ2) is 6.23. The predicted octanol–water partition coefficient (Wildman–Crippen LogP) is 0.705. The molecule has 138 valence electrons. The highest BCUT2D eigenvalue weighted by Crippen LogP contribution is 2.40. The van der Waals surface area contributed by atoms with Gasteiger partial charge in [0, 0.05) is 24.2 Å². The van der Waals surface area contributed by atoms with Crippen molar-refractivity contribution < 1.29 is 26.6 Å². The van der Waals surface area contributed by atoms with Crippen molar-refractivity contribution in [2.75, 3.05) is 6.54 Å². The van der Waals surface area contributed by atoms with Gasteiger partial charge in [-0.25, -0.2) is 9.36 Å². The van der Waals surface area contributed by atoms with Crippen molar-refractivity contribution in [3.05, 3.63) is 29.5 Å². The Morgan fingerprint density at radius 3 is 2.73 bits per heavy atom. The van der Waals surface area contributed by atoms with E-state index in [1.54, 1.807) is 0 Å². The molecule has 0 aromatic carbocycles. The Kier molecular flexibility index (Phi) is 4.14. The minimum atomic E-state index is -4.75. The molecule has 2 unspecified atom stereocenters. The number of aromatic nitrogens is 3. The molecule has 0 spiro atoms. The lowest BCUT2D eigenvalue weighted by atomic mass is 10.0. The summed E-state index contributed by atoms with van der Waals surface area (Å²) in [5.41, 5.74) is 0.935. The maximum absolute atomic E-state index is 12.5. The minimum Gasteiger partial charge on any atom is -0.311 e. The van der Waals surface area contributed by atoms with E-state index >= 15 is 0 Å². The fourth-order valence-electron chi connectivity index (χ4n) is 3.22. The number of hydrogen-bond donors (Lipinski definition) is 1. The predicted molar refractivity (Wildman–Crippen MR) is 88.9 cm³/mol. The number of carbonyl (C=O) groups is 1. The summed E-state index contributed by atoms with van der Waals surface area (Å²) in [6, 6.07) is 2.56. The highest BCUT2D eigenvalue weighted by atomic mass is 32.3. The van der Waals surface area contributed by atoms with Gasteiger partial charge in [0.1, 0.15) is 17.1 Å². The Labute approximate surface area is 153 Å². The maximum atomic E-state index is 12.5. The number of fused-ring (bicyclic) bond motifs is 2. The van der Waals surface area contributed by atoms with Gasteiger partial charge in [-0.05, 0) is 12.8 Å². The van der Waals surface area contributed by atoms with E-state index in [0.717, 1.165) is 15.6 Å². The maximum Gasteiger partial charge on any atom is 0.418 e. The molecule has 12 heteroatoms. The summed E-state index contributed by atoms with van der Waals surface area (Å²) < 4.78 is 37.1. The Morgan fingerprint density at radius 1 is 1.31 bits per heavy atom. The van der Waals surface area contributed by atoms with Gasteiger partial charge in [-0.2, -0.15) is 13.5 Å². The van der Waals surface area contributed by atoms with Crippen molar-refractivity contribution in [1.29, 1.82) is 0 Å². The first-order valence-electron chi connectivity index (χ1n) is 7.88. The summed E-state index contributed by atoms with van der Waals surface area (Å²) in [4.78, 5) is 14.0. The van der Waals surface area contributed by atoms with Crippen LogP contribution in [0.1, 0.15) is 23.9 Å². The normalized spacial score (nSPS) is 22.9. The van der Waals surface area contributed by atoms with Gasteiger partial charge in [0.05, 0.1) is 12.1 Å². The lowest BCUT2D eigenvalue weighted by molar-refractivity contribution is -0.671. The van der Waals surface area contributed by atoms with Crippen LogP contribution in [0, 0.1) is 0 Å². The molecule has 2 aromatic rings. The number of nitrogens with zero attached hydrogens (tertiary/aromatic N) is 5. The highest BCUT2D eigenvalue weighted by Gasteiger charge is 2.48. The first-order valence-corrected chi connectivity index (χ1v) is 10.1. The third-order valence-electron chi connectivity index (χ3n) is 4.45. The second-order valence-corrected chi connectivity index (χ2v) is 8.22. The third-order valence-corrected chi connectivity index (χ3v) is 5.87. The zero-order valence-corrected chi connectivity index (χ0v) is 15.4. The van der Waals surface area contributed by atoms with Crippen molar-refractivity contribution >= 4 is 27.8 Å². The van der Waals surface area contributed by atoms with Crippen LogP contribution >= 0.6 is 11.3 Å². The smallest absolute Gasteiger partial charge is 0.311 e. The van der Waals surface area contributed by atoms with Gasteiger partial charge in [-0.15, -0.1) is 14.5 Å². The topological polar surface area (TPSA) is 117 Å². The molecular formula is C14H16N5O5S2+. The molecule has 2 bridgehead atoms. The van der Waals surface area contributed by atoms with Crippen LogP contribution in [0.2, 0.25) is 0 Å². The Balaban J connectivity index is 1.57. The first kappa shape index (κ1) is 17.3. The van der Waals surface area contributed by atoms with Crippen LogP contribution in [0.4, 0.5) is 4.79 Å². The minimum absolute atomic E-state index is 0.292. The van der Waals surface area contributed by atoms with Gasteiger partial charge in [0.25, 0.3) is 0 Å². The van der Waals surface area contributed by atoms with Crippen LogP contribution in [0.15, 0.2) is 24.5 Å². The third kappa shape index (κ3) is 3.16. The summed E-state index contributed by atoms with van der Waals surface area (Å²) in [5.74, 6) is 0. The van der Waals surface area contributed by atoms with Crippen LogP contribution in [0.3, 0.4) is 0 Å². The standard InChI is InChI=1S/C14H15N5O5S2/c1-17-6-4-9(5-7-17)12-15-16-13(25-12)11-3-2-10-8-18(11)14(20)19(10)24-26(21,22)23/h4-7,10-11H,2-3,8H2,1H3/p+1. The van der Waals surface area contributed by atoms with E-state index in [4.69, 9.17) is 4.55 Å². The summed E-state index contributed by atoms with van der Waals surface area (Å²) >= 11 is 1.40. The molecule has 2 atom stereocenters. The van der Waals surface area contributed by atoms with Gasteiger partial charge < -0.3 is 4.90 Å². The molecule has 0 saturated carbocycles. The molecule has 2 amide bonds. The number of aryl methyl sites for hydroxylation is 1. The lowest BCUT2D eigenvalue weighted by Crippen LogP contribution is -2.35. The molecule has 2 fully saturated rings. The number of hydroxylamine groups is 2. The van der Waals surface area contributed by atoms with Crippen LogP contribution < -0.4 is 4.57 Å². The van der Waals surface area contributed by atoms with Crippen molar-refractivity contribution in [3.63, 3.8) is 0 Å². The summed E-state index contributed by atoms with van der Waals surface area (Å²) in [7, 11) is -2.82.